The van der Waals surface area contributed by atoms with Gasteiger partial charge < -0.3 is 18.8 Å². The largest absolute Gasteiger partial charge is 0.492 e. The summed E-state index contributed by atoms with van der Waals surface area (Å²) in [6.07, 6.45) is 4.66. The molecule has 4 rings (SSSR count). The van der Waals surface area contributed by atoms with E-state index in [1.54, 1.807) is 25.4 Å². The van der Waals surface area contributed by atoms with E-state index < -0.39 is 0 Å². The number of ether oxygens (including phenoxy) is 3. The van der Waals surface area contributed by atoms with E-state index in [1.165, 1.54) is 13.0 Å². The molecule has 7 heteroatoms. The van der Waals surface area contributed by atoms with E-state index in [-0.39, 0.29) is 22.8 Å². The maximum atomic E-state index is 12.6. The first kappa shape index (κ1) is 20.0. The minimum Gasteiger partial charge on any atom is -0.492 e. The maximum Gasteiger partial charge on any atom is 0.192 e. The third kappa shape index (κ3) is 4.05. The molecule has 0 saturated heterocycles. The number of carbonyl (C=O) groups is 1. The van der Waals surface area contributed by atoms with Crippen molar-refractivity contribution >= 4 is 17.4 Å². The number of pyridine rings is 1. The van der Waals surface area contributed by atoms with Crippen LogP contribution in [0.15, 0.2) is 29.2 Å². The van der Waals surface area contributed by atoms with Crippen LogP contribution >= 0.6 is 11.6 Å². The summed E-state index contributed by atoms with van der Waals surface area (Å²) in [6, 6.07) is 5.15. The lowest BCUT2D eigenvalue weighted by Crippen LogP contribution is -2.23. The molecule has 0 N–H and O–H groups in total. The van der Waals surface area contributed by atoms with Crippen molar-refractivity contribution in [3.05, 3.63) is 45.2 Å². The third-order valence-electron chi connectivity index (χ3n) is 5.45. The second-order valence-corrected chi connectivity index (χ2v) is 8.00. The summed E-state index contributed by atoms with van der Waals surface area (Å²) < 4.78 is 19.0. The Kier molecular flexibility index (Phi) is 5.65. The van der Waals surface area contributed by atoms with E-state index in [1.807, 2.05) is 4.57 Å². The number of nitrogens with zero attached hydrogens (tertiary/aromatic N) is 1. The quantitative estimate of drug-likeness (QED) is 0.500. The molecule has 29 heavy (non-hydrogen) atoms. The first-order chi connectivity index (χ1) is 14.0. The van der Waals surface area contributed by atoms with Crippen molar-refractivity contribution in [1.29, 1.82) is 0 Å². The molecule has 2 aliphatic rings. The predicted octanol–water partition coefficient (Wildman–Crippen LogP) is 4.13. The first-order valence-corrected chi connectivity index (χ1v) is 10.2. The van der Waals surface area contributed by atoms with Gasteiger partial charge in [0, 0.05) is 44.0 Å². The van der Waals surface area contributed by atoms with Gasteiger partial charge in [0.1, 0.15) is 18.1 Å². The summed E-state index contributed by atoms with van der Waals surface area (Å²) in [4.78, 5) is 24.5. The lowest BCUT2D eigenvalue weighted by Gasteiger charge is -2.21. The van der Waals surface area contributed by atoms with Crippen LogP contribution in [0.5, 0.6) is 11.5 Å². The molecule has 1 atom stereocenters. The zero-order valence-electron chi connectivity index (χ0n) is 16.6. The highest BCUT2D eigenvalue weighted by atomic mass is 35.5. The lowest BCUT2D eigenvalue weighted by molar-refractivity contribution is 0.101. The Labute approximate surface area is 174 Å². The minimum absolute atomic E-state index is 0.0703. The van der Waals surface area contributed by atoms with E-state index in [9.17, 15) is 9.59 Å². The standard InChI is InChI=1S/C22H24ClNO5/c1-13(25)16-11-24-18(9-20(16)26)15-8-17(23)22(28-7-3-6-27-2)10-21(15)29-12-19(24)14-4-5-14/h8-11,14,19H,3-7,12H2,1-2H3. The average Bonchev–Trinajstić information content (AvgIpc) is 3.52. The van der Waals surface area contributed by atoms with Crippen LogP contribution in [-0.4, -0.2) is 37.3 Å². The van der Waals surface area contributed by atoms with Crippen molar-refractivity contribution in [3.8, 4) is 22.8 Å². The van der Waals surface area contributed by atoms with Crippen LogP contribution in [0.2, 0.25) is 5.02 Å². The van der Waals surface area contributed by atoms with Crippen LogP contribution in [0.1, 0.15) is 42.6 Å². The molecule has 2 heterocycles. The normalized spacial score (nSPS) is 17.7. The summed E-state index contributed by atoms with van der Waals surface area (Å²) >= 11 is 6.47. The number of hydrogen-bond acceptors (Lipinski definition) is 5. The van der Waals surface area contributed by atoms with Gasteiger partial charge in [0.25, 0.3) is 0 Å². The minimum atomic E-state index is -0.290. The molecule has 6 nitrogen and oxygen atoms in total. The zero-order valence-corrected chi connectivity index (χ0v) is 17.3. The number of benzene rings is 1. The number of halogens is 1. The van der Waals surface area contributed by atoms with Gasteiger partial charge in [-0.3, -0.25) is 9.59 Å². The Morgan fingerprint density at radius 2 is 2.07 bits per heavy atom. The van der Waals surface area contributed by atoms with Crippen molar-refractivity contribution in [1.82, 2.24) is 4.57 Å². The van der Waals surface area contributed by atoms with E-state index >= 15 is 0 Å². The summed E-state index contributed by atoms with van der Waals surface area (Å²) in [5.41, 5.74) is 1.36. The molecule has 1 aliphatic carbocycles. The van der Waals surface area contributed by atoms with E-state index in [0.717, 1.165) is 30.5 Å². The Bertz CT molecular complexity index is 995. The monoisotopic (exact) mass is 417 g/mol. The number of aromatic nitrogens is 1. The molecular formula is C22H24ClNO5. The van der Waals surface area contributed by atoms with Gasteiger partial charge in [-0.25, -0.2) is 0 Å². The van der Waals surface area contributed by atoms with E-state index in [0.29, 0.717) is 42.3 Å². The summed E-state index contributed by atoms with van der Waals surface area (Å²) in [7, 11) is 1.65. The van der Waals surface area contributed by atoms with Crippen LogP contribution in [-0.2, 0) is 4.74 Å². The van der Waals surface area contributed by atoms with Gasteiger partial charge in [-0.15, -0.1) is 0 Å². The number of hydrogen-bond donors (Lipinski definition) is 0. The van der Waals surface area contributed by atoms with Crippen molar-refractivity contribution in [3.63, 3.8) is 0 Å². The van der Waals surface area contributed by atoms with Crippen LogP contribution in [0.3, 0.4) is 0 Å². The van der Waals surface area contributed by atoms with Gasteiger partial charge in [-0.05, 0) is 31.7 Å². The van der Waals surface area contributed by atoms with Gasteiger partial charge in [0.05, 0.1) is 28.9 Å². The van der Waals surface area contributed by atoms with Gasteiger partial charge in [-0.2, -0.15) is 0 Å². The van der Waals surface area contributed by atoms with Gasteiger partial charge in [-0.1, -0.05) is 11.6 Å². The molecule has 1 fully saturated rings. The Balaban J connectivity index is 1.77. The second-order valence-electron chi connectivity index (χ2n) is 7.59. The number of rotatable bonds is 7. The predicted molar refractivity (Wildman–Crippen MR) is 110 cm³/mol. The van der Waals surface area contributed by atoms with Crippen LogP contribution in [0, 0.1) is 5.92 Å². The molecule has 0 spiro atoms. The Hall–Kier alpha value is -2.31. The molecule has 2 aromatic rings. The molecule has 0 amide bonds. The fourth-order valence-corrected chi connectivity index (χ4v) is 3.97. The second kappa shape index (κ2) is 8.20. The molecule has 1 saturated carbocycles. The molecule has 154 valence electrons. The number of Topliss-reactive ketones (excluding diaryl/α,β-unsaturated/α-hetero) is 1. The molecule has 0 bridgehead atoms. The lowest BCUT2D eigenvalue weighted by atomic mass is 10.0. The number of carbonyl (C=O) groups excluding carboxylic acids is 1. The molecule has 1 unspecified atom stereocenters. The van der Waals surface area contributed by atoms with E-state index in [2.05, 4.69) is 0 Å². The van der Waals surface area contributed by atoms with Crippen molar-refractivity contribution in [2.75, 3.05) is 26.9 Å². The number of ketones is 1. The fraction of sp³-hybridized carbons (Fsp3) is 0.455. The molecule has 1 aliphatic heterocycles. The summed E-state index contributed by atoms with van der Waals surface area (Å²) in [6.45, 7) is 2.97. The van der Waals surface area contributed by atoms with Gasteiger partial charge in [0.2, 0.25) is 0 Å². The van der Waals surface area contributed by atoms with Gasteiger partial charge in [0.15, 0.2) is 11.2 Å². The third-order valence-corrected chi connectivity index (χ3v) is 5.75. The Morgan fingerprint density at radius 3 is 2.76 bits per heavy atom. The SMILES string of the molecule is COCCCOc1cc2c(cc1Cl)-c1cc(=O)c(C(C)=O)cn1C(C1CC1)CO2. The number of fused-ring (bicyclic) bond motifs is 3. The molecule has 1 aromatic heterocycles. The van der Waals surface area contributed by atoms with E-state index in [4.69, 9.17) is 25.8 Å². The smallest absolute Gasteiger partial charge is 0.192 e. The van der Waals surface area contributed by atoms with Crippen molar-refractivity contribution in [2.24, 2.45) is 5.92 Å². The van der Waals surface area contributed by atoms with Crippen LogP contribution in [0.25, 0.3) is 11.3 Å². The van der Waals surface area contributed by atoms with Gasteiger partial charge >= 0.3 is 0 Å². The first-order valence-electron chi connectivity index (χ1n) is 9.85. The summed E-state index contributed by atoms with van der Waals surface area (Å²) in [5, 5.41) is 0.448. The molecule has 0 radical (unpaired) electrons. The highest BCUT2D eigenvalue weighted by Gasteiger charge is 2.36. The van der Waals surface area contributed by atoms with Crippen molar-refractivity contribution < 1.29 is 19.0 Å². The highest BCUT2D eigenvalue weighted by molar-refractivity contribution is 6.32. The van der Waals surface area contributed by atoms with Crippen molar-refractivity contribution in [2.45, 2.75) is 32.2 Å². The highest BCUT2D eigenvalue weighted by Crippen LogP contribution is 2.46. The topological polar surface area (TPSA) is 66.8 Å². The fourth-order valence-electron chi connectivity index (χ4n) is 3.75. The zero-order chi connectivity index (χ0) is 20.5. The molecular weight excluding hydrogens is 394 g/mol. The van der Waals surface area contributed by atoms with Crippen LogP contribution < -0.4 is 14.9 Å². The average molecular weight is 418 g/mol. The summed E-state index contributed by atoms with van der Waals surface area (Å²) in [5.74, 6) is 1.41. The van der Waals surface area contributed by atoms with Crippen LogP contribution in [0.4, 0.5) is 0 Å². The molecule has 1 aromatic carbocycles. The maximum absolute atomic E-state index is 12.6. The number of methoxy groups -OCH3 is 1. The Morgan fingerprint density at radius 1 is 1.28 bits per heavy atom.